The van der Waals surface area contributed by atoms with Gasteiger partial charge in [0.25, 0.3) is 11.5 Å². The van der Waals surface area contributed by atoms with E-state index in [4.69, 9.17) is 21.1 Å². The van der Waals surface area contributed by atoms with Gasteiger partial charge >= 0.3 is 5.97 Å². The molecule has 2 aromatic carbocycles. The molecule has 232 valence electrons. The zero-order chi connectivity index (χ0) is 31.5. The largest absolute Gasteiger partial charge is 0.484 e. The number of rotatable bonds is 8. The quantitative estimate of drug-likeness (QED) is 0.350. The number of aromatic nitrogens is 1. The summed E-state index contributed by atoms with van der Waals surface area (Å²) in [6.07, 6.45) is 3.38. The lowest BCUT2D eigenvalue weighted by Crippen LogP contribution is -2.45. The van der Waals surface area contributed by atoms with E-state index in [2.05, 4.69) is 24.0 Å². The summed E-state index contributed by atoms with van der Waals surface area (Å²) in [7, 11) is 4.15. The molecule has 2 aliphatic rings. The van der Waals surface area contributed by atoms with Crippen LogP contribution in [-0.2, 0) is 14.3 Å². The monoisotopic (exact) mass is 636 g/mol. The van der Waals surface area contributed by atoms with Gasteiger partial charge in [0.1, 0.15) is 5.75 Å². The zero-order valence-electron chi connectivity index (χ0n) is 25.6. The van der Waals surface area contributed by atoms with E-state index in [1.54, 1.807) is 67.8 Å². The number of piperidine rings is 1. The van der Waals surface area contributed by atoms with Gasteiger partial charge in [-0.25, -0.2) is 9.79 Å². The Hall–Kier alpha value is -3.73. The maximum Gasteiger partial charge on any atom is 0.338 e. The lowest BCUT2D eigenvalue weighted by molar-refractivity contribution is -0.143. The number of hydrogen-bond donors (Lipinski definition) is 0. The summed E-state index contributed by atoms with van der Waals surface area (Å²) < 4.78 is 13.3. The molecule has 11 heteroatoms. The second-order valence-electron chi connectivity index (χ2n) is 11.5. The van der Waals surface area contributed by atoms with E-state index in [0.717, 1.165) is 37.1 Å². The Morgan fingerprint density at radius 2 is 1.75 bits per heavy atom. The van der Waals surface area contributed by atoms with Crippen LogP contribution in [0.25, 0.3) is 6.08 Å². The highest BCUT2D eigenvalue weighted by molar-refractivity contribution is 7.07. The normalized spacial score (nSPS) is 17.6. The standard InChI is InChI=1S/C33H37ClN4O5S/c1-20(2)43-32(41)29-21(3)35-33-38(30(29)23-8-10-24(34)11-9-23)31(40)27(44-33)18-22-6-12-26(13-7-22)42-19-28(39)37-16-14-25(15-17-37)36(4)5/h6-13,18,20,25,30H,14-17,19H2,1-5H3/b27-18-. The third kappa shape index (κ3) is 6.98. The predicted octanol–water partition coefficient (Wildman–Crippen LogP) is 3.77. The molecule has 1 saturated heterocycles. The summed E-state index contributed by atoms with van der Waals surface area (Å²) in [5.41, 5.74) is 2.07. The molecule has 0 spiro atoms. The summed E-state index contributed by atoms with van der Waals surface area (Å²) in [4.78, 5) is 48.9. The highest BCUT2D eigenvalue weighted by atomic mass is 35.5. The number of amides is 1. The Balaban J connectivity index is 1.37. The van der Waals surface area contributed by atoms with Crippen molar-refractivity contribution < 1.29 is 19.1 Å². The second kappa shape index (κ2) is 13.5. The number of fused-ring (bicyclic) bond motifs is 1. The van der Waals surface area contributed by atoms with Crippen LogP contribution in [0.5, 0.6) is 5.75 Å². The summed E-state index contributed by atoms with van der Waals surface area (Å²) in [5, 5.41) is 0.551. The minimum atomic E-state index is -0.709. The van der Waals surface area contributed by atoms with Gasteiger partial charge in [-0.3, -0.25) is 14.2 Å². The van der Waals surface area contributed by atoms with E-state index in [0.29, 0.717) is 37.4 Å². The van der Waals surface area contributed by atoms with Crippen LogP contribution in [0.2, 0.25) is 5.02 Å². The lowest BCUT2D eigenvalue weighted by atomic mass is 9.96. The van der Waals surface area contributed by atoms with Crippen molar-refractivity contribution in [2.75, 3.05) is 33.8 Å². The number of carbonyl (C=O) groups is 2. The second-order valence-corrected chi connectivity index (χ2v) is 13.0. The van der Waals surface area contributed by atoms with E-state index >= 15 is 0 Å². The molecule has 5 rings (SSSR count). The van der Waals surface area contributed by atoms with Crippen molar-refractivity contribution in [2.45, 2.75) is 51.8 Å². The lowest BCUT2D eigenvalue weighted by Gasteiger charge is -2.35. The highest BCUT2D eigenvalue weighted by Gasteiger charge is 2.33. The maximum atomic E-state index is 13.8. The Kier molecular flexibility index (Phi) is 9.72. The molecule has 0 bridgehead atoms. The fourth-order valence-corrected chi connectivity index (χ4v) is 6.67. The fraction of sp³-hybridized carbons (Fsp3) is 0.394. The van der Waals surface area contributed by atoms with Crippen LogP contribution in [0.3, 0.4) is 0 Å². The van der Waals surface area contributed by atoms with Gasteiger partial charge in [-0.1, -0.05) is 47.2 Å². The summed E-state index contributed by atoms with van der Waals surface area (Å²) in [6.45, 7) is 6.77. The molecule has 0 radical (unpaired) electrons. The number of halogens is 1. The van der Waals surface area contributed by atoms with E-state index < -0.39 is 12.0 Å². The molecule has 0 saturated carbocycles. The maximum absolute atomic E-state index is 13.8. The number of esters is 1. The van der Waals surface area contributed by atoms with Gasteiger partial charge < -0.3 is 19.3 Å². The SMILES string of the molecule is CC1=C(C(=O)OC(C)C)C(c2ccc(Cl)cc2)n2c(s/c(=C\c3ccc(OCC(=O)N4CCC(N(C)C)CC4)cc3)c2=O)=N1. The van der Waals surface area contributed by atoms with Gasteiger partial charge in [-0.05, 0) is 89.2 Å². The Labute approximate surface area is 265 Å². The van der Waals surface area contributed by atoms with E-state index in [9.17, 15) is 14.4 Å². The number of nitrogens with zero attached hydrogens (tertiary/aromatic N) is 4. The van der Waals surface area contributed by atoms with Gasteiger partial charge in [0.2, 0.25) is 0 Å². The van der Waals surface area contributed by atoms with E-state index in [1.165, 1.54) is 11.3 Å². The summed E-state index contributed by atoms with van der Waals surface area (Å²) >= 11 is 7.40. The molecule has 9 nitrogen and oxygen atoms in total. The molecule has 3 aromatic rings. The molecule has 1 fully saturated rings. The molecular formula is C33H37ClN4O5S. The van der Waals surface area contributed by atoms with Crippen LogP contribution in [0.4, 0.5) is 0 Å². The van der Waals surface area contributed by atoms with Crippen LogP contribution >= 0.6 is 22.9 Å². The minimum absolute atomic E-state index is 0.0177. The highest BCUT2D eigenvalue weighted by Crippen LogP contribution is 2.31. The van der Waals surface area contributed by atoms with Crippen LogP contribution in [0.15, 0.2) is 69.6 Å². The van der Waals surface area contributed by atoms with Crippen LogP contribution in [-0.4, -0.2) is 72.2 Å². The average molecular weight is 637 g/mol. The number of carbonyl (C=O) groups excluding carboxylic acids is 2. The third-order valence-corrected chi connectivity index (χ3v) is 9.09. The van der Waals surface area contributed by atoms with Gasteiger partial charge in [0.05, 0.1) is 27.9 Å². The first-order chi connectivity index (χ1) is 21.0. The van der Waals surface area contributed by atoms with Crippen molar-refractivity contribution in [3.05, 3.63) is 95.6 Å². The van der Waals surface area contributed by atoms with Gasteiger partial charge in [-0.15, -0.1) is 0 Å². The summed E-state index contributed by atoms with van der Waals surface area (Å²) in [5.74, 6) is 0.0453. The number of allylic oxidation sites excluding steroid dienone is 1. The van der Waals surface area contributed by atoms with Crippen molar-refractivity contribution >= 4 is 40.9 Å². The van der Waals surface area contributed by atoms with Crippen LogP contribution in [0, 0.1) is 0 Å². The molecule has 1 aromatic heterocycles. The van der Waals surface area contributed by atoms with Gasteiger partial charge in [-0.2, -0.15) is 0 Å². The molecule has 44 heavy (non-hydrogen) atoms. The van der Waals surface area contributed by atoms with Crippen LogP contribution in [0.1, 0.15) is 50.8 Å². The Bertz CT molecular complexity index is 1730. The first-order valence-electron chi connectivity index (χ1n) is 14.7. The first-order valence-corrected chi connectivity index (χ1v) is 15.9. The molecule has 1 amide bonds. The fourth-order valence-electron chi connectivity index (χ4n) is 5.50. The molecule has 1 unspecified atom stereocenters. The van der Waals surface area contributed by atoms with Crippen molar-refractivity contribution in [3.63, 3.8) is 0 Å². The van der Waals surface area contributed by atoms with Crippen molar-refractivity contribution in [2.24, 2.45) is 4.99 Å². The summed E-state index contributed by atoms with van der Waals surface area (Å²) in [6, 6.07) is 14.1. The third-order valence-electron chi connectivity index (χ3n) is 7.86. The predicted molar refractivity (Wildman–Crippen MR) is 172 cm³/mol. The zero-order valence-corrected chi connectivity index (χ0v) is 27.2. The van der Waals surface area contributed by atoms with Crippen molar-refractivity contribution in [1.29, 1.82) is 0 Å². The average Bonchev–Trinajstić information content (AvgIpc) is 3.29. The molecule has 2 aliphatic heterocycles. The molecule has 0 aliphatic carbocycles. The number of ether oxygens (including phenoxy) is 2. The minimum Gasteiger partial charge on any atom is -0.484 e. The molecule has 3 heterocycles. The van der Waals surface area contributed by atoms with Gasteiger partial charge in [0, 0.05) is 24.2 Å². The topological polar surface area (TPSA) is 93.4 Å². The van der Waals surface area contributed by atoms with Crippen LogP contribution < -0.4 is 19.6 Å². The molecule has 0 N–H and O–H groups in total. The van der Waals surface area contributed by atoms with Crippen molar-refractivity contribution in [1.82, 2.24) is 14.4 Å². The number of thiazole rings is 1. The number of hydrogen-bond acceptors (Lipinski definition) is 8. The molecule has 1 atom stereocenters. The van der Waals surface area contributed by atoms with E-state index in [1.807, 2.05) is 17.0 Å². The smallest absolute Gasteiger partial charge is 0.338 e. The Morgan fingerprint density at radius 1 is 1.09 bits per heavy atom. The van der Waals surface area contributed by atoms with Crippen molar-refractivity contribution in [3.8, 4) is 5.75 Å². The first kappa shape index (κ1) is 31.7. The van der Waals surface area contributed by atoms with E-state index in [-0.39, 0.29) is 24.2 Å². The van der Waals surface area contributed by atoms with Gasteiger partial charge in [0.15, 0.2) is 11.4 Å². The number of likely N-dealkylation sites (tertiary alicyclic amines) is 1. The number of benzene rings is 2. The Morgan fingerprint density at radius 3 is 2.36 bits per heavy atom. The molecular weight excluding hydrogens is 600 g/mol.